The molecule has 1 unspecified atom stereocenters. The maximum Gasteiger partial charge on any atom is 0.0659 e. The Morgan fingerprint density at radius 3 is 3.00 bits per heavy atom. The van der Waals surface area contributed by atoms with E-state index in [-0.39, 0.29) is 0 Å². The zero-order chi connectivity index (χ0) is 12.3. The van der Waals surface area contributed by atoms with Crippen molar-refractivity contribution < 1.29 is 4.74 Å². The Labute approximate surface area is 107 Å². The third-order valence-corrected chi connectivity index (χ3v) is 3.47. The molecule has 1 aliphatic rings. The molecule has 0 spiro atoms. The van der Waals surface area contributed by atoms with Gasteiger partial charge < -0.3 is 15.4 Å². The molecule has 1 aromatic carbocycles. The van der Waals surface area contributed by atoms with Gasteiger partial charge in [0, 0.05) is 25.9 Å². The first-order valence-corrected chi connectivity index (χ1v) is 6.38. The Morgan fingerprint density at radius 2 is 2.35 bits per heavy atom. The second-order valence-electron chi connectivity index (χ2n) is 4.67. The van der Waals surface area contributed by atoms with E-state index < -0.39 is 0 Å². The molecule has 94 valence electrons. The van der Waals surface area contributed by atoms with Crippen LogP contribution in [0, 0.1) is 5.92 Å². The van der Waals surface area contributed by atoms with E-state index in [9.17, 15) is 0 Å². The van der Waals surface area contributed by atoms with Gasteiger partial charge in [-0.1, -0.05) is 11.6 Å². The van der Waals surface area contributed by atoms with Gasteiger partial charge in [-0.25, -0.2) is 0 Å². The minimum absolute atomic E-state index is 0.599. The topological polar surface area (TPSA) is 38.5 Å². The summed E-state index contributed by atoms with van der Waals surface area (Å²) in [5.41, 5.74) is 7.42. The number of nitrogens with zero attached hydrogens (tertiary/aromatic N) is 1. The molecular formula is C13H19ClN2O. The van der Waals surface area contributed by atoms with Crippen molar-refractivity contribution in [2.24, 2.45) is 5.92 Å². The predicted octanol–water partition coefficient (Wildman–Crippen LogP) is 2.79. The molecule has 0 radical (unpaired) electrons. The van der Waals surface area contributed by atoms with E-state index in [4.69, 9.17) is 22.1 Å². The Morgan fingerprint density at radius 1 is 1.53 bits per heavy atom. The van der Waals surface area contributed by atoms with Gasteiger partial charge in [-0.3, -0.25) is 0 Å². The van der Waals surface area contributed by atoms with E-state index >= 15 is 0 Å². The molecule has 1 saturated heterocycles. The fraction of sp³-hybridized carbons (Fsp3) is 0.538. The SMILES string of the molecule is CN(CC1CCCOC1)c1ccc(N)cc1Cl. The summed E-state index contributed by atoms with van der Waals surface area (Å²) in [4.78, 5) is 2.18. The van der Waals surface area contributed by atoms with Crippen LogP contribution in [-0.4, -0.2) is 26.8 Å². The number of anilines is 2. The van der Waals surface area contributed by atoms with Crippen LogP contribution in [0.4, 0.5) is 11.4 Å². The van der Waals surface area contributed by atoms with E-state index in [2.05, 4.69) is 11.9 Å². The van der Waals surface area contributed by atoms with Crippen molar-refractivity contribution in [1.29, 1.82) is 0 Å². The number of benzene rings is 1. The molecule has 1 aromatic rings. The average molecular weight is 255 g/mol. The zero-order valence-electron chi connectivity index (χ0n) is 10.2. The van der Waals surface area contributed by atoms with E-state index in [0.717, 1.165) is 31.9 Å². The standard InChI is InChI=1S/C13H19ClN2O/c1-16(8-10-3-2-6-17-9-10)13-5-4-11(15)7-12(13)14/h4-5,7,10H,2-3,6,8-9,15H2,1H3. The number of halogens is 1. The van der Waals surface area contributed by atoms with Crippen molar-refractivity contribution in [3.05, 3.63) is 23.2 Å². The zero-order valence-corrected chi connectivity index (χ0v) is 10.9. The van der Waals surface area contributed by atoms with Crippen LogP contribution in [0.3, 0.4) is 0 Å². The Balaban J connectivity index is 2.00. The summed E-state index contributed by atoms with van der Waals surface area (Å²) in [7, 11) is 2.06. The number of nitrogens with two attached hydrogens (primary N) is 1. The van der Waals surface area contributed by atoms with Crippen molar-refractivity contribution in [2.45, 2.75) is 12.8 Å². The summed E-state index contributed by atoms with van der Waals surface area (Å²) in [6.45, 7) is 2.74. The summed E-state index contributed by atoms with van der Waals surface area (Å²) in [6.07, 6.45) is 2.39. The normalized spacial score (nSPS) is 20.2. The summed E-state index contributed by atoms with van der Waals surface area (Å²) in [5, 5.41) is 0.712. The summed E-state index contributed by atoms with van der Waals surface area (Å²) >= 11 is 6.19. The molecule has 0 bridgehead atoms. The molecule has 4 heteroatoms. The van der Waals surface area contributed by atoms with E-state index in [1.165, 1.54) is 6.42 Å². The van der Waals surface area contributed by atoms with Gasteiger partial charge in [-0.2, -0.15) is 0 Å². The largest absolute Gasteiger partial charge is 0.399 e. The van der Waals surface area contributed by atoms with Crippen molar-refractivity contribution in [3.8, 4) is 0 Å². The van der Waals surface area contributed by atoms with Gasteiger partial charge >= 0.3 is 0 Å². The lowest BCUT2D eigenvalue weighted by molar-refractivity contribution is 0.0576. The van der Waals surface area contributed by atoms with E-state index in [1.807, 2.05) is 12.1 Å². The fourth-order valence-electron chi connectivity index (χ4n) is 2.27. The maximum atomic E-state index is 6.19. The van der Waals surface area contributed by atoms with Crippen molar-refractivity contribution in [2.75, 3.05) is 37.4 Å². The Hall–Kier alpha value is -0.930. The van der Waals surface area contributed by atoms with Gasteiger partial charge in [0.1, 0.15) is 0 Å². The Kier molecular flexibility index (Phi) is 4.13. The highest BCUT2D eigenvalue weighted by Gasteiger charge is 2.17. The average Bonchev–Trinajstić information content (AvgIpc) is 2.30. The predicted molar refractivity (Wildman–Crippen MR) is 72.7 cm³/mol. The molecule has 0 saturated carbocycles. The second-order valence-corrected chi connectivity index (χ2v) is 5.08. The molecule has 1 heterocycles. The highest BCUT2D eigenvalue weighted by atomic mass is 35.5. The molecule has 1 aliphatic heterocycles. The van der Waals surface area contributed by atoms with Crippen LogP contribution in [0.25, 0.3) is 0 Å². The first-order valence-electron chi connectivity index (χ1n) is 6.00. The number of rotatable bonds is 3. The molecule has 2 N–H and O–H groups in total. The highest BCUT2D eigenvalue weighted by Crippen LogP contribution is 2.28. The van der Waals surface area contributed by atoms with E-state index in [0.29, 0.717) is 16.6 Å². The molecule has 0 aliphatic carbocycles. The monoisotopic (exact) mass is 254 g/mol. The molecular weight excluding hydrogens is 236 g/mol. The van der Waals surface area contributed by atoms with Crippen molar-refractivity contribution in [1.82, 2.24) is 0 Å². The number of nitrogen functional groups attached to an aromatic ring is 1. The van der Waals surface area contributed by atoms with Crippen LogP contribution in [0.1, 0.15) is 12.8 Å². The molecule has 0 amide bonds. The van der Waals surface area contributed by atoms with Crippen LogP contribution in [0.15, 0.2) is 18.2 Å². The van der Waals surface area contributed by atoms with Gasteiger partial charge in [0.05, 0.1) is 17.3 Å². The minimum Gasteiger partial charge on any atom is -0.399 e. The van der Waals surface area contributed by atoms with Gasteiger partial charge in [-0.05, 0) is 37.0 Å². The van der Waals surface area contributed by atoms with Crippen LogP contribution in [0.5, 0.6) is 0 Å². The third-order valence-electron chi connectivity index (χ3n) is 3.17. The maximum absolute atomic E-state index is 6.19. The van der Waals surface area contributed by atoms with Crippen LogP contribution < -0.4 is 10.6 Å². The minimum atomic E-state index is 0.599. The van der Waals surface area contributed by atoms with Crippen molar-refractivity contribution in [3.63, 3.8) is 0 Å². The van der Waals surface area contributed by atoms with Gasteiger partial charge in [0.25, 0.3) is 0 Å². The number of hydrogen-bond donors (Lipinski definition) is 1. The highest BCUT2D eigenvalue weighted by molar-refractivity contribution is 6.33. The van der Waals surface area contributed by atoms with Crippen LogP contribution in [-0.2, 0) is 4.74 Å². The summed E-state index contributed by atoms with van der Waals surface area (Å²) in [5.74, 6) is 0.599. The van der Waals surface area contributed by atoms with Gasteiger partial charge in [-0.15, -0.1) is 0 Å². The molecule has 0 aromatic heterocycles. The van der Waals surface area contributed by atoms with Gasteiger partial charge in [0.2, 0.25) is 0 Å². The van der Waals surface area contributed by atoms with Gasteiger partial charge in [0.15, 0.2) is 0 Å². The second kappa shape index (κ2) is 5.61. The quantitative estimate of drug-likeness (QED) is 0.843. The third kappa shape index (κ3) is 3.27. The fourth-order valence-corrected chi connectivity index (χ4v) is 2.60. The number of ether oxygens (including phenoxy) is 1. The molecule has 1 atom stereocenters. The summed E-state index contributed by atoms with van der Waals surface area (Å²) < 4.78 is 5.49. The lowest BCUT2D eigenvalue weighted by Crippen LogP contribution is -2.30. The lowest BCUT2D eigenvalue weighted by Gasteiger charge is -2.29. The first kappa shape index (κ1) is 12.5. The molecule has 17 heavy (non-hydrogen) atoms. The van der Waals surface area contributed by atoms with Crippen molar-refractivity contribution >= 4 is 23.0 Å². The first-order chi connectivity index (χ1) is 8.16. The molecule has 2 rings (SSSR count). The lowest BCUT2D eigenvalue weighted by atomic mass is 10.0. The van der Waals surface area contributed by atoms with E-state index in [1.54, 1.807) is 6.07 Å². The molecule has 1 fully saturated rings. The smallest absolute Gasteiger partial charge is 0.0659 e. The molecule has 3 nitrogen and oxygen atoms in total. The van der Waals surface area contributed by atoms with Crippen LogP contribution >= 0.6 is 11.6 Å². The Bertz CT molecular complexity index is 378. The summed E-state index contributed by atoms with van der Waals surface area (Å²) in [6, 6.07) is 5.65. The number of hydrogen-bond acceptors (Lipinski definition) is 3. The van der Waals surface area contributed by atoms with Crippen LogP contribution in [0.2, 0.25) is 5.02 Å².